The van der Waals surface area contributed by atoms with Crippen molar-refractivity contribution in [1.29, 1.82) is 0 Å². The van der Waals surface area contributed by atoms with Gasteiger partial charge in [-0.15, -0.1) is 23.7 Å². The summed E-state index contributed by atoms with van der Waals surface area (Å²) in [5.41, 5.74) is 1.13. The quantitative estimate of drug-likeness (QED) is 0.566. The number of hydrogen-bond donors (Lipinski definition) is 1. The van der Waals surface area contributed by atoms with E-state index in [9.17, 15) is 0 Å². The second-order valence-corrected chi connectivity index (χ2v) is 5.28. The molecule has 0 saturated carbocycles. The number of hydrogen-bond acceptors (Lipinski definition) is 3. The van der Waals surface area contributed by atoms with Crippen LogP contribution in [0.15, 0.2) is 5.38 Å². The first-order chi connectivity index (χ1) is 8.26. The highest BCUT2D eigenvalue weighted by molar-refractivity contribution is 7.09. The molecule has 0 aliphatic rings. The van der Waals surface area contributed by atoms with Crippen molar-refractivity contribution >= 4 is 11.3 Å². The van der Waals surface area contributed by atoms with Crippen molar-refractivity contribution in [3.05, 3.63) is 16.1 Å². The molecule has 0 spiro atoms. The zero-order valence-corrected chi connectivity index (χ0v) is 11.6. The second-order valence-electron chi connectivity index (χ2n) is 4.33. The third-order valence-corrected chi connectivity index (χ3v) is 3.63. The topological polar surface area (TPSA) is 24.9 Å². The van der Waals surface area contributed by atoms with Gasteiger partial charge >= 0.3 is 0 Å². The van der Waals surface area contributed by atoms with E-state index in [1.807, 2.05) is 6.92 Å². The number of aryl methyl sites for hydroxylation is 1. The molecule has 0 aromatic carbocycles. The van der Waals surface area contributed by atoms with E-state index in [0.29, 0.717) is 6.04 Å². The van der Waals surface area contributed by atoms with Crippen LogP contribution in [0.25, 0.3) is 0 Å². The maximum Gasteiger partial charge on any atom is 0.0943 e. The summed E-state index contributed by atoms with van der Waals surface area (Å²) in [5.74, 6) is 2.71. The lowest BCUT2D eigenvalue weighted by atomic mass is 10.1. The van der Waals surface area contributed by atoms with Gasteiger partial charge in [0.2, 0.25) is 0 Å². The van der Waals surface area contributed by atoms with Crippen molar-refractivity contribution in [2.75, 3.05) is 6.54 Å². The van der Waals surface area contributed by atoms with Gasteiger partial charge in [0.05, 0.1) is 5.01 Å². The molecule has 0 fully saturated rings. The molecule has 1 unspecified atom stereocenters. The summed E-state index contributed by atoms with van der Waals surface area (Å²) in [6.07, 6.45) is 10.6. The van der Waals surface area contributed by atoms with Gasteiger partial charge in [0.1, 0.15) is 0 Å². The van der Waals surface area contributed by atoms with E-state index in [2.05, 4.69) is 28.5 Å². The molecular weight excluding hydrogens is 228 g/mol. The van der Waals surface area contributed by atoms with Crippen molar-refractivity contribution in [2.45, 2.75) is 52.0 Å². The van der Waals surface area contributed by atoms with E-state index in [1.54, 1.807) is 11.3 Å². The molecule has 0 amide bonds. The molecule has 17 heavy (non-hydrogen) atoms. The largest absolute Gasteiger partial charge is 0.314 e. The molecule has 1 rings (SSSR count). The maximum atomic E-state index is 5.29. The number of terminal acetylenes is 1. The summed E-state index contributed by atoms with van der Waals surface area (Å²) in [5, 5.41) is 6.94. The first-order valence-corrected chi connectivity index (χ1v) is 7.22. The minimum absolute atomic E-state index is 0.522. The van der Waals surface area contributed by atoms with Crippen LogP contribution in [0, 0.1) is 19.3 Å². The van der Waals surface area contributed by atoms with Gasteiger partial charge in [-0.25, -0.2) is 4.98 Å². The first kappa shape index (κ1) is 14.2. The fourth-order valence-electron chi connectivity index (χ4n) is 1.78. The van der Waals surface area contributed by atoms with Crippen LogP contribution in [0.4, 0.5) is 0 Å². The predicted octanol–water partition coefficient (Wildman–Crippen LogP) is 3.17. The van der Waals surface area contributed by atoms with Crippen LogP contribution >= 0.6 is 11.3 Å². The summed E-state index contributed by atoms with van der Waals surface area (Å²) in [6, 6.07) is 0.522. The highest BCUT2D eigenvalue weighted by Gasteiger charge is 2.10. The fourth-order valence-corrected chi connectivity index (χ4v) is 2.64. The molecule has 0 bridgehead atoms. The summed E-state index contributed by atoms with van der Waals surface area (Å²) in [4.78, 5) is 4.53. The van der Waals surface area contributed by atoms with E-state index >= 15 is 0 Å². The van der Waals surface area contributed by atoms with E-state index in [1.165, 1.54) is 11.4 Å². The summed E-state index contributed by atoms with van der Waals surface area (Å²) in [7, 11) is 0. The van der Waals surface area contributed by atoms with Crippen LogP contribution in [0.2, 0.25) is 0 Å². The minimum Gasteiger partial charge on any atom is -0.314 e. The van der Waals surface area contributed by atoms with Crippen LogP contribution in [0.3, 0.4) is 0 Å². The lowest BCUT2D eigenvalue weighted by Crippen LogP contribution is -2.31. The first-order valence-electron chi connectivity index (χ1n) is 6.34. The third-order valence-electron chi connectivity index (χ3n) is 2.64. The average molecular weight is 250 g/mol. The van der Waals surface area contributed by atoms with Crippen LogP contribution in [0.1, 0.15) is 43.3 Å². The summed E-state index contributed by atoms with van der Waals surface area (Å²) >= 11 is 1.76. The zero-order valence-electron chi connectivity index (χ0n) is 10.8. The van der Waals surface area contributed by atoms with E-state index in [0.717, 1.165) is 37.9 Å². The van der Waals surface area contributed by atoms with E-state index < -0.39 is 0 Å². The Morgan fingerprint density at radius 1 is 1.59 bits per heavy atom. The van der Waals surface area contributed by atoms with Crippen LogP contribution in [0.5, 0.6) is 0 Å². The molecule has 0 aliphatic carbocycles. The monoisotopic (exact) mass is 250 g/mol. The highest BCUT2D eigenvalue weighted by Crippen LogP contribution is 2.13. The molecule has 0 saturated heterocycles. The predicted molar refractivity (Wildman–Crippen MR) is 75.3 cm³/mol. The molecule has 3 heteroatoms. The molecular formula is C14H22N2S. The third kappa shape index (κ3) is 5.86. The van der Waals surface area contributed by atoms with Crippen LogP contribution in [-0.2, 0) is 6.42 Å². The fraction of sp³-hybridized carbons (Fsp3) is 0.643. The molecule has 1 aromatic rings. The minimum atomic E-state index is 0.522. The van der Waals surface area contributed by atoms with Crippen LogP contribution < -0.4 is 5.32 Å². The Labute approximate surface area is 109 Å². The van der Waals surface area contributed by atoms with Crippen molar-refractivity contribution in [3.8, 4) is 12.3 Å². The molecule has 2 nitrogen and oxygen atoms in total. The molecule has 1 N–H and O–H groups in total. The van der Waals surface area contributed by atoms with Crippen molar-refractivity contribution in [1.82, 2.24) is 10.3 Å². The Bertz CT molecular complexity index is 351. The maximum absolute atomic E-state index is 5.29. The molecule has 1 heterocycles. The standard InChI is InChI=1S/C14H22N2S/c1-4-6-7-8-13(15-9-5-2)10-14-16-12(3)11-17-14/h1,11,13,15H,5-10H2,2-3H3. The van der Waals surface area contributed by atoms with E-state index in [4.69, 9.17) is 6.42 Å². The smallest absolute Gasteiger partial charge is 0.0943 e. The average Bonchev–Trinajstić information content (AvgIpc) is 2.72. The van der Waals surface area contributed by atoms with Gasteiger partial charge in [-0.3, -0.25) is 0 Å². The van der Waals surface area contributed by atoms with Crippen molar-refractivity contribution in [3.63, 3.8) is 0 Å². The van der Waals surface area contributed by atoms with Gasteiger partial charge in [0.25, 0.3) is 0 Å². The number of rotatable bonds is 8. The number of nitrogens with zero attached hydrogens (tertiary/aromatic N) is 1. The number of thiazole rings is 1. The second kappa shape index (κ2) is 8.27. The molecule has 94 valence electrons. The molecule has 0 aliphatic heterocycles. The van der Waals surface area contributed by atoms with Gasteiger partial charge < -0.3 is 5.32 Å². The van der Waals surface area contributed by atoms with Gasteiger partial charge in [-0.05, 0) is 32.7 Å². The van der Waals surface area contributed by atoms with Crippen molar-refractivity contribution < 1.29 is 0 Å². The van der Waals surface area contributed by atoms with Crippen molar-refractivity contribution in [2.24, 2.45) is 0 Å². The SMILES string of the molecule is C#CCCCC(Cc1nc(C)cs1)NCCC. The molecule has 1 atom stereocenters. The van der Waals surface area contributed by atoms with Gasteiger partial charge in [-0.2, -0.15) is 0 Å². The lowest BCUT2D eigenvalue weighted by molar-refractivity contribution is 0.466. The Hall–Kier alpha value is -0.850. The van der Waals surface area contributed by atoms with Crippen LogP contribution in [-0.4, -0.2) is 17.6 Å². The lowest BCUT2D eigenvalue weighted by Gasteiger charge is -2.16. The number of nitrogens with one attached hydrogen (secondary N) is 1. The molecule has 1 aromatic heterocycles. The Morgan fingerprint density at radius 3 is 3.00 bits per heavy atom. The number of aromatic nitrogens is 1. The van der Waals surface area contributed by atoms with Gasteiger partial charge in [0.15, 0.2) is 0 Å². The Balaban J connectivity index is 2.42. The normalized spacial score (nSPS) is 12.3. The summed E-state index contributed by atoms with van der Waals surface area (Å²) < 4.78 is 0. The Kier molecular flexibility index (Phi) is 6.91. The van der Waals surface area contributed by atoms with Gasteiger partial charge in [-0.1, -0.05) is 6.92 Å². The van der Waals surface area contributed by atoms with E-state index in [-0.39, 0.29) is 0 Å². The molecule has 0 radical (unpaired) electrons. The summed E-state index contributed by atoms with van der Waals surface area (Å²) in [6.45, 7) is 5.32. The highest BCUT2D eigenvalue weighted by atomic mass is 32.1. The zero-order chi connectivity index (χ0) is 12.5. The van der Waals surface area contributed by atoms with Gasteiger partial charge in [0, 0.05) is 30.0 Å². The number of unbranched alkanes of at least 4 members (excludes halogenated alkanes) is 1. The Morgan fingerprint density at radius 2 is 2.41 bits per heavy atom.